The fourth-order valence-corrected chi connectivity index (χ4v) is 3.25. The van der Waals surface area contributed by atoms with E-state index in [0.29, 0.717) is 13.1 Å². The van der Waals surface area contributed by atoms with E-state index >= 15 is 0 Å². The molecule has 0 amide bonds. The summed E-state index contributed by atoms with van der Waals surface area (Å²) < 4.78 is 4.07. The van der Waals surface area contributed by atoms with E-state index in [1.807, 2.05) is 29.8 Å². The number of fused-ring (bicyclic) bond motifs is 1. The molecule has 0 saturated carbocycles. The number of imidazole rings is 1. The molecule has 1 unspecified atom stereocenters. The zero-order chi connectivity index (χ0) is 15.9. The third-order valence-corrected chi connectivity index (χ3v) is 4.64. The van der Waals surface area contributed by atoms with Gasteiger partial charge in [0.1, 0.15) is 5.82 Å². The van der Waals surface area contributed by atoms with Gasteiger partial charge in [0.25, 0.3) is 0 Å². The zero-order valence-electron chi connectivity index (χ0n) is 13.0. The first-order valence-corrected chi connectivity index (χ1v) is 7.76. The maximum absolute atomic E-state index is 10.5. The molecule has 0 spiro atoms. The first kappa shape index (κ1) is 15.1. The summed E-state index contributed by atoms with van der Waals surface area (Å²) in [5, 5.41) is 12.3. The van der Waals surface area contributed by atoms with Gasteiger partial charge in [0.2, 0.25) is 0 Å². The number of aliphatic hydroxyl groups is 1. The van der Waals surface area contributed by atoms with E-state index < -0.39 is 6.10 Å². The number of para-hydroxylation sites is 1. The summed E-state index contributed by atoms with van der Waals surface area (Å²) >= 11 is 6.38. The lowest BCUT2D eigenvalue weighted by Gasteiger charge is -2.16. The third kappa shape index (κ3) is 2.53. The van der Waals surface area contributed by atoms with E-state index in [1.165, 1.54) is 5.56 Å². The molecule has 0 bridgehead atoms. The summed E-state index contributed by atoms with van der Waals surface area (Å²) in [6.07, 6.45) is 3.13. The second-order valence-electron chi connectivity index (χ2n) is 5.74. The molecule has 2 heterocycles. The van der Waals surface area contributed by atoms with Crippen LogP contribution in [0.1, 0.15) is 17.1 Å². The van der Waals surface area contributed by atoms with E-state index in [2.05, 4.69) is 29.5 Å². The smallest absolute Gasteiger partial charge is 0.105 e. The predicted molar refractivity (Wildman–Crippen MR) is 89.4 cm³/mol. The van der Waals surface area contributed by atoms with E-state index in [-0.39, 0.29) is 0 Å². The molecule has 0 radical (unpaired) electrons. The van der Waals surface area contributed by atoms with E-state index in [4.69, 9.17) is 11.6 Å². The van der Waals surface area contributed by atoms with Crippen LogP contribution >= 0.6 is 11.6 Å². The molecule has 0 aliphatic rings. The second-order valence-corrected chi connectivity index (χ2v) is 6.14. The van der Waals surface area contributed by atoms with Crippen LogP contribution in [0.15, 0.2) is 30.6 Å². The number of aromatic nitrogens is 3. The Bertz CT molecular complexity index is 819. The Labute approximate surface area is 135 Å². The van der Waals surface area contributed by atoms with Crippen LogP contribution in [0.4, 0.5) is 0 Å². The van der Waals surface area contributed by atoms with Crippen molar-refractivity contribution in [2.75, 3.05) is 0 Å². The van der Waals surface area contributed by atoms with Crippen molar-refractivity contribution in [3.63, 3.8) is 0 Å². The molecule has 3 rings (SSSR count). The summed E-state index contributed by atoms with van der Waals surface area (Å²) in [6.45, 7) is 7.13. The molecule has 1 aromatic carbocycles. The lowest BCUT2D eigenvalue weighted by atomic mass is 10.2. The van der Waals surface area contributed by atoms with E-state index in [1.54, 1.807) is 6.20 Å². The molecule has 116 valence electrons. The molecule has 5 heteroatoms. The van der Waals surface area contributed by atoms with Crippen molar-refractivity contribution in [3.8, 4) is 0 Å². The lowest BCUT2D eigenvalue weighted by molar-refractivity contribution is 0.134. The zero-order valence-corrected chi connectivity index (χ0v) is 13.8. The molecule has 0 aliphatic carbocycles. The molecular weight excluding hydrogens is 298 g/mol. The van der Waals surface area contributed by atoms with Crippen LogP contribution in [0, 0.1) is 20.8 Å². The molecular formula is C17H20ClN3O. The van der Waals surface area contributed by atoms with Crippen LogP contribution in [0.5, 0.6) is 0 Å². The van der Waals surface area contributed by atoms with Crippen molar-refractivity contribution in [2.24, 2.45) is 0 Å². The van der Waals surface area contributed by atoms with Gasteiger partial charge in [-0.1, -0.05) is 23.7 Å². The van der Waals surface area contributed by atoms with Gasteiger partial charge in [-0.15, -0.1) is 0 Å². The van der Waals surface area contributed by atoms with Gasteiger partial charge in [-0.05, 0) is 32.4 Å². The topological polar surface area (TPSA) is 43.0 Å². The van der Waals surface area contributed by atoms with Crippen LogP contribution in [-0.4, -0.2) is 25.3 Å². The van der Waals surface area contributed by atoms with Gasteiger partial charge in [0.05, 0.1) is 29.7 Å². The Morgan fingerprint density at radius 1 is 1.23 bits per heavy atom. The Morgan fingerprint density at radius 2 is 2.00 bits per heavy atom. The molecule has 0 saturated heterocycles. The maximum Gasteiger partial charge on any atom is 0.105 e. The van der Waals surface area contributed by atoms with Crippen molar-refractivity contribution in [1.82, 2.24) is 14.1 Å². The number of aryl methyl sites for hydroxylation is 2. The second kappa shape index (κ2) is 5.78. The molecule has 0 fully saturated rings. The van der Waals surface area contributed by atoms with Gasteiger partial charge in [0.15, 0.2) is 0 Å². The number of hydrogen-bond donors (Lipinski definition) is 1. The first-order chi connectivity index (χ1) is 10.5. The van der Waals surface area contributed by atoms with Crippen molar-refractivity contribution >= 4 is 22.5 Å². The van der Waals surface area contributed by atoms with Gasteiger partial charge in [0, 0.05) is 23.5 Å². The van der Waals surface area contributed by atoms with Crippen LogP contribution in [0.25, 0.3) is 10.9 Å². The third-order valence-electron chi connectivity index (χ3n) is 4.33. The largest absolute Gasteiger partial charge is 0.389 e. The average molecular weight is 318 g/mol. The van der Waals surface area contributed by atoms with Gasteiger partial charge in [-0.25, -0.2) is 4.98 Å². The fourth-order valence-electron chi connectivity index (χ4n) is 2.98. The molecule has 22 heavy (non-hydrogen) atoms. The first-order valence-electron chi connectivity index (χ1n) is 7.38. The summed E-state index contributed by atoms with van der Waals surface area (Å²) in [7, 11) is 0. The van der Waals surface area contributed by atoms with Crippen molar-refractivity contribution in [2.45, 2.75) is 40.0 Å². The Kier molecular flexibility index (Phi) is 3.98. The van der Waals surface area contributed by atoms with Gasteiger partial charge in [-0.2, -0.15) is 0 Å². The Hall–Kier alpha value is -1.78. The maximum atomic E-state index is 10.5. The molecule has 3 aromatic rings. The Balaban J connectivity index is 1.94. The van der Waals surface area contributed by atoms with Gasteiger partial charge >= 0.3 is 0 Å². The predicted octanol–water partition coefficient (Wildman–Crippen LogP) is 3.48. The average Bonchev–Trinajstić information content (AvgIpc) is 2.98. The van der Waals surface area contributed by atoms with E-state index in [9.17, 15) is 5.11 Å². The van der Waals surface area contributed by atoms with Crippen LogP contribution < -0.4 is 0 Å². The minimum absolute atomic E-state index is 0.502. The molecule has 0 aliphatic heterocycles. The Morgan fingerprint density at radius 3 is 2.68 bits per heavy atom. The SMILES string of the molecule is Cc1c(C)n(CC(O)Cn2ccnc2C)c2c(Cl)cccc12. The number of nitrogens with zero attached hydrogens (tertiary/aromatic N) is 3. The highest BCUT2D eigenvalue weighted by atomic mass is 35.5. The minimum Gasteiger partial charge on any atom is -0.389 e. The molecule has 1 atom stereocenters. The highest BCUT2D eigenvalue weighted by molar-refractivity contribution is 6.35. The summed E-state index contributed by atoms with van der Waals surface area (Å²) in [6, 6.07) is 5.94. The number of halogens is 1. The fraction of sp³-hybridized carbons (Fsp3) is 0.353. The van der Waals surface area contributed by atoms with Crippen LogP contribution in [-0.2, 0) is 13.1 Å². The molecule has 4 nitrogen and oxygen atoms in total. The number of aliphatic hydroxyl groups excluding tert-OH is 1. The lowest BCUT2D eigenvalue weighted by Crippen LogP contribution is -2.23. The van der Waals surface area contributed by atoms with Crippen molar-refractivity contribution in [1.29, 1.82) is 0 Å². The van der Waals surface area contributed by atoms with Crippen LogP contribution in [0.2, 0.25) is 5.02 Å². The highest BCUT2D eigenvalue weighted by Crippen LogP contribution is 2.30. The number of hydrogen-bond acceptors (Lipinski definition) is 2. The minimum atomic E-state index is -0.502. The monoisotopic (exact) mass is 317 g/mol. The van der Waals surface area contributed by atoms with Crippen molar-refractivity contribution in [3.05, 3.63) is 52.7 Å². The number of benzene rings is 1. The summed E-state index contributed by atoms with van der Waals surface area (Å²) in [5.41, 5.74) is 3.36. The normalized spacial score (nSPS) is 13.0. The molecule has 1 N–H and O–H groups in total. The van der Waals surface area contributed by atoms with Crippen LogP contribution in [0.3, 0.4) is 0 Å². The van der Waals surface area contributed by atoms with Gasteiger partial charge < -0.3 is 14.2 Å². The van der Waals surface area contributed by atoms with Crippen molar-refractivity contribution < 1.29 is 5.11 Å². The quantitative estimate of drug-likeness (QED) is 0.800. The highest BCUT2D eigenvalue weighted by Gasteiger charge is 2.16. The standard InChI is InChI=1S/C17H20ClN3O/c1-11-12(2)21(17-15(11)5-4-6-16(17)18)10-14(22)9-20-8-7-19-13(20)3/h4-8,14,22H,9-10H2,1-3H3. The van der Waals surface area contributed by atoms with E-state index in [0.717, 1.165) is 27.4 Å². The number of rotatable bonds is 4. The molecule has 2 aromatic heterocycles. The summed E-state index contributed by atoms with van der Waals surface area (Å²) in [4.78, 5) is 4.19. The summed E-state index contributed by atoms with van der Waals surface area (Å²) in [5.74, 6) is 0.905. The van der Waals surface area contributed by atoms with Gasteiger partial charge in [-0.3, -0.25) is 0 Å².